The molecule has 1 aliphatic rings. The summed E-state index contributed by atoms with van der Waals surface area (Å²) in [5.74, 6) is -0.194. The van der Waals surface area contributed by atoms with E-state index >= 15 is 0 Å². The van der Waals surface area contributed by atoms with Gasteiger partial charge in [-0.25, -0.2) is 4.99 Å². The zero-order valence-electron chi connectivity index (χ0n) is 11.6. The number of nitrogens with one attached hydrogen (secondary N) is 1. The van der Waals surface area contributed by atoms with Gasteiger partial charge < -0.3 is 5.11 Å². The van der Waals surface area contributed by atoms with Crippen LogP contribution in [0.1, 0.15) is 5.56 Å². The van der Waals surface area contributed by atoms with Crippen molar-refractivity contribution in [3.63, 3.8) is 0 Å². The van der Waals surface area contributed by atoms with Crippen LogP contribution in [0.15, 0.2) is 52.4 Å². The van der Waals surface area contributed by atoms with Crippen molar-refractivity contribution in [1.29, 1.82) is 0 Å². The molecule has 0 bridgehead atoms. The van der Waals surface area contributed by atoms with Gasteiger partial charge in [-0.05, 0) is 30.4 Å². The first kappa shape index (κ1) is 14.2. The summed E-state index contributed by atoms with van der Waals surface area (Å²) in [4.78, 5) is 19.0. The van der Waals surface area contributed by atoms with Gasteiger partial charge in [-0.2, -0.15) is 0 Å². The minimum Gasteiger partial charge on any atom is -0.494 e. The maximum Gasteiger partial charge on any atom is 0.262 e. The van der Waals surface area contributed by atoms with Crippen molar-refractivity contribution in [2.45, 2.75) is 6.54 Å². The maximum absolute atomic E-state index is 12.1. The lowest BCUT2D eigenvalue weighted by molar-refractivity contribution is 0.412. The van der Waals surface area contributed by atoms with Crippen molar-refractivity contribution < 1.29 is 5.11 Å². The molecule has 0 fully saturated rings. The standard InChI is InChI=1S/C16H13N3O2S/c1-2-7-19-15(21)12(14(20)18-16(19)22)9-11-8-10-5-3-4-6-13(10)17-11/h2-6,8-9,21H,1,7H2,(H,18,20,22). The molecule has 0 aliphatic carbocycles. The van der Waals surface area contributed by atoms with Crippen LogP contribution in [0.4, 0.5) is 0 Å². The Hall–Kier alpha value is -2.73. The van der Waals surface area contributed by atoms with E-state index in [0.717, 1.165) is 10.6 Å². The molecule has 1 aromatic carbocycles. The highest BCUT2D eigenvalue weighted by molar-refractivity contribution is 7.71. The molecule has 0 amide bonds. The molecule has 3 rings (SSSR count). The van der Waals surface area contributed by atoms with Gasteiger partial charge in [0.25, 0.3) is 5.56 Å². The van der Waals surface area contributed by atoms with E-state index in [0.29, 0.717) is 12.2 Å². The quantitative estimate of drug-likeness (QED) is 0.662. The first-order valence-corrected chi connectivity index (χ1v) is 7.05. The average molecular weight is 311 g/mol. The Balaban J connectivity index is 2.19. The minimum atomic E-state index is -0.449. The number of hydrogen-bond acceptors (Lipinski definition) is 4. The Labute approximate surface area is 130 Å². The van der Waals surface area contributed by atoms with Gasteiger partial charge in [0, 0.05) is 11.8 Å². The third-order valence-corrected chi connectivity index (χ3v) is 3.62. The first-order valence-electron chi connectivity index (χ1n) is 6.64. The van der Waals surface area contributed by atoms with E-state index in [-0.39, 0.29) is 16.2 Å². The van der Waals surface area contributed by atoms with Crippen molar-refractivity contribution >= 4 is 24.4 Å². The van der Waals surface area contributed by atoms with Crippen molar-refractivity contribution in [2.24, 2.45) is 4.99 Å². The summed E-state index contributed by atoms with van der Waals surface area (Å²) in [6.07, 6.45) is 4.99. The number of rotatable bonds is 3. The Kier molecular flexibility index (Phi) is 3.60. The van der Waals surface area contributed by atoms with Crippen LogP contribution in [0.2, 0.25) is 0 Å². The smallest absolute Gasteiger partial charge is 0.262 e. The average Bonchev–Trinajstić information content (AvgIpc) is 2.90. The van der Waals surface area contributed by atoms with Crippen LogP contribution in [-0.4, -0.2) is 14.7 Å². The fourth-order valence-electron chi connectivity index (χ4n) is 2.27. The Morgan fingerprint density at radius 3 is 2.91 bits per heavy atom. The maximum atomic E-state index is 12.1. The molecule has 2 N–H and O–H groups in total. The molecule has 0 spiro atoms. The predicted octanol–water partition coefficient (Wildman–Crippen LogP) is 1.25. The highest BCUT2D eigenvalue weighted by Crippen LogP contribution is 2.17. The fourth-order valence-corrected chi connectivity index (χ4v) is 2.52. The van der Waals surface area contributed by atoms with Crippen LogP contribution >= 0.6 is 12.2 Å². The van der Waals surface area contributed by atoms with Gasteiger partial charge in [-0.15, -0.1) is 6.58 Å². The second-order valence-corrected chi connectivity index (χ2v) is 5.17. The molecule has 1 aromatic heterocycles. The normalized spacial score (nSPS) is 14.3. The minimum absolute atomic E-state index is 0.123. The summed E-state index contributed by atoms with van der Waals surface area (Å²) in [5, 5.41) is 12.1. The number of aromatic amines is 1. The van der Waals surface area contributed by atoms with E-state index in [1.54, 1.807) is 12.2 Å². The molecule has 22 heavy (non-hydrogen) atoms. The van der Waals surface area contributed by atoms with E-state index in [2.05, 4.69) is 16.6 Å². The van der Waals surface area contributed by atoms with Crippen molar-refractivity contribution in [2.75, 3.05) is 0 Å². The van der Waals surface area contributed by atoms with Crippen LogP contribution in [0, 0.1) is 4.77 Å². The van der Waals surface area contributed by atoms with Gasteiger partial charge in [0.15, 0.2) is 4.77 Å². The molecule has 2 heterocycles. The molecule has 5 nitrogen and oxygen atoms in total. The summed E-state index contributed by atoms with van der Waals surface area (Å²) in [6, 6.07) is 7.64. The zero-order chi connectivity index (χ0) is 15.7. The van der Waals surface area contributed by atoms with Crippen LogP contribution in [0.5, 0.6) is 5.88 Å². The monoisotopic (exact) mass is 311 g/mol. The lowest BCUT2D eigenvalue weighted by atomic mass is 10.2. The highest BCUT2D eigenvalue weighted by atomic mass is 32.1. The third kappa shape index (κ3) is 2.44. The Bertz CT molecular complexity index is 992. The number of fused-ring (bicyclic) bond motifs is 1. The van der Waals surface area contributed by atoms with E-state index in [4.69, 9.17) is 12.2 Å². The first-order chi connectivity index (χ1) is 10.6. The number of H-pyrrole nitrogens is 1. The molecule has 0 saturated heterocycles. The van der Waals surface area contributed by atoms with Crippen LogP contribution in [0.3, 0.4) is 0 Å². The van der Waals surface area contributed by atoms with Gasteiger partial charge >= 0.3 is 0 Å². The summed E-state index contributed by atoms with van der Waals surface area (Å²) in [7, 11) is 0. The highest BCUT2D eigenvalue weighted by Gasteiger charge is 2.11. The van der Waals surface area contributed by atoms with E-state index < -0.39 is 5.56 Å². The Morgan fingerprint density at radius 1 is 1.41 bits per heavy atom. The summed E-state index contributed by atoms with van der Waals surface area (Å²) < 4.78 is 1.55. The molecule has 0 unspecified atom stereocenters. The van der Waals surface area contributed by atoms with Gasteiger partial charge in [-0.1, -0.05) is 24.3 Å². The molecule has 1 aliphatic heterocycles. The molecular weight excluding hydrogens is 298 g/mol. The fraction of sp³-hybridized carbons (Fsp3) is 0.0625. The second kappa shape index (κ2) is 5.57. The molecular formula is C16H13N3O2S. The third-order valence-electron chi connectivity index (χ3n) is 3.30. The number of hydrogen-bond donors (Lipinski definition) is 2. The van der Waals surface area contributed by atoms with Crippen molar-refractivity contribution in [3.8, 4) is 5.88 Å². The van der Waals surface area contributed by atoms with Gasteiger partial charge in [-0.3, -0.25) is 14.3 Å². The number of benzene rings is 1. The van der Waals surface area contributed by atoms with E-state index in [9.17, 15) is 9.90 Å². The van der Waals surface area contributed by atoms with Crippen LogP contribution in [-0.2, 0) is 6.54 Å². The molecule has 2 aromatic rings. The van der Waals surface area contributed by atoms with Crippen molar-refractivity contribution in [3.05, 3.63) is 73.9 Å². The lowest BCUT2D eigenvalue weighted by Crippen LogP contribution is -2.19. The number of aromatic hydroxyl groups is 1. The Morgan fingerprint density at radius 2 is 2.18 bits per heavy atom. The largest absolute Gasteiger partial charge is 0.494 e. The molecule has 0 saturated carbocycles. The van der Waals surface area contributed by atoms with E-state index in [1.165, 1.54) is 4.57 Å². The number of nitrogens with zero attached hydrogens (tertiary/aromatic N) is 2. The van der Waals surface area contributed by atoms with Crippen LogP contribution in [0.25, 0.3) is 12.2 Å². The van der Waals surface area contributed by atoms with Crippen LogP contribution < -0.4 is 16.1 Å². The van der Waals surface area contributed by atoms with Gasteiger partial charge in [0.05, 0.1) is 11.1 Å². The molecule has 110 valence electrons. The summed E-state index contributed by atoms with van der Waals surface area (Å²) in [6.45, 7) is 3.91. The zero-order valence-corrected chi connectivity index (χ0v) is 12.4. The number of aromatic nitrogens is 2. The van der Waals surface area contributed by atoms with Gasteiger partial charge in [0.2, 0.25) is 5.88 Å². The second-order valence-electron chi connectivity index (χ2n) is 4.78. The molecule has 0 radical (unpaired) electrons. The SMILES string of the molecule is C=CCn1c(O)c(C=C2C=c3ccccc3=N2)c(=O)[nH]c1=S. The van der Waals surface area contributed by atoms with Crippen molar-refractivity contribution in [1.82, 2.24) is 9.55 Å². The predicted molar refractivity (Wildman–Crippen MR) is 87.4 cm³/mol. The summed E-state index contributed by atoms with van der Waals surface area (Å²) in [5.41, 5.74) is 0.275. The molecule has 0 atom stereocenters. The summed E-state index contributed by atoms with van der Waals surface area (Å²) >= 11 is 5.04. The topological polar surface area (TPSA) is 70.4 Å². The lowest BCUT2D eigenvalue weighted by Gasteiger charge is -2.08. The number of para-hydroxylation sites is 1. The van der Waals surface area contributed by atoms with Gasteiger partial charge in [0.1, 0.15) is 5.56 Å². The number of allylic oxidation sites excluding steroid dienone is 2. The van der Waals surface area contributed by atoms with E-state index in [1.807, 2.05) is 30.3 Å². The molecule has 6 heteroatoms.